The van der Waals surface area contributed by atoms with E-state index in [1.165, 1.54) is 0 Å². The Labute approximate surface area is 108 Å². The van der Waals surface area contributed by atoms with Crippen LogP contribution in [-0.4, -0.2) is 31.5 Å². The third kappa shape index (κ3) is 4.09. The Morgan fingerprint density at radius 3 is 1.82 bits per heavy atom. The minimum Gasteiger partial charge on any atom is -0.322 e. The Kier molecular flexibility index (Phi) is 5.20. The van der Waals surface area contributed by atoms with Crippen molar-refractivity contribution in [3.8, 4) is 0 Å². The van der Waals surface area contributed by atoms with Crippen LogP contribution in [0.1, 0.15) is 6.92 Å². The molecule has 104 valence electrons. The number of alkyl halides is 7. The SMILES string of the molecule is CC(F)(F)C(F)(F)OC(Cl)C(Cl)(Cl)P(=O)(O)O. The summed E-state index contributed by atoms with van der Waals surface area (Å²) in [6, 6.07) is 0. The van der Waals surface area contributed by atoms with Gasteiger partial charge in [0.25, 0.3) is 4.07 Å². The number of hydrogen-bond acceptors (Lipinski definition) is 2. The molecule has 1 atom stereocenters. The Hall–Kier alpha value is 0.700. The zero-order chi connectivity index (χ0) is 14.3. The maximum Gasteiger partial charge on any atom is 0.420 e. The van der Waals surface area contributed by atoms with E-state index >= 15 is 0 Å². The van der Waals surface area contributed by atoms with Crippen molar-refractivity contribution in [2.75, 3.05) is 0 Å². The summed E-state index contributed by atoms with van der Waals surface area (Å²) in [5, 5.41) is 0. The van der Waals surface area contributed by atoms with Crippen LogP contribution in [0.25, 0.3) is 0 Å². The molecule has 0 heterocycles. The normalized spacial score (nSPS) is 17.1. The van der Waals surface area contributed by atoms with Crippen LogP contribution in [0.15, 0.2) is 0 Å². The van der Waals surface area contributed by atoms with Crippen molar-refractivity contribution in [3.63, 3.8) is 0 Å². The first-order valence-corrected chi connectivity index (χ1v) is 6.44. The van der Waals surface area contributed by atoms with Crippen LogP contribution in [0, 0.1) is 0 Å². The van der Waals surface area contributed by atoms with E-state index in [2.05, 4.69) is 4.74 Å². The van der Waals surface area contributed by atoms with Gasteiger partial charge < -0.3 is 9.79 Å². The standard InChI is InChI=1S/C5H6Cl3F4O4P/c1-3(9,10)5(11,12)16-2(6)4(7,8)17(13,14)15/h2H,1H3,(H2,13,14,15). The lowest BCUT2D eigenvalue weighted by Gasteiger charge is -2.30. The summed E-state index contributed by atoms with van der Waals surface area (Å²) in [5.41, 5.74) is -2.76. The second kappa shape index (κ2) is 5.00. The summed E-state index contributed by atoms with van der Waals surface area (Å²) in [7, 11) is -5.37. The summed E-state index contributed by atoms with van der Waals surface area (Å²) in [6.45, 7) is -0.182. The highest BCUT2D eigenvalue weighted by Gasteiger charge is 2.60. The molecule has 0 amide bonds. The third-order valence-corrected chi connectivity index (χ3v) is 4.94. The van der Waals surface area contributed by atoms with Gasteiger partial charge in [-0.1, -0.05) is 34.8 Å². The van der Waals surface area contributed by atoms with Crippen molar-refractivity contribution in [2.45, 2.75) is 28.6 Å². The lowest BCUT2D eigenvalue weighted by atomic mass is 10.4. The molecule has 0 bridgehead atoms. The van der Waals surface area contributed by atoms with Crippen molar-refractivity contribution in [2.24, 2.45) is 0 Å². The van der Waals surface area contributed by atoms with E-state index in [-0.39, 0.29) is 6.92 Å². The van der Waals surface area contributed by atoms with Crippen molar-refractivity contribution < 1.29 is 36.7 Å². The molecule has 0 fully saturated rings. The van der Waals surface area contributed by atoms with Gasteiger partial charge in [-0.15, -0.1) is 0 Å². The molecule has 12 heteroatoms. The summed E-state index contributed by atoms with van der Waals surface area (Å²) >= 11 is 14.9. The summed E-state index contributed by atoms with van der Waals surface area (Å²) < 4.78 is 60.7. The Bertz CT molecular complexity index is 328. The molecule has 0 saturated carbocycles. The molecule has 0 rings (SSSR count). The maximum atomic E-state index is 12.7. The average Bonchev–Trinajstić information content (AvgIpc) is 1.98. The highest BCUT2D eigenvalue weighted by Crippen LogP contribution is 2.60. The monoisotopic (exact) mass is 342 g/mol. The highest BCUT2D eigenvalue weighted by molar-refractivity contribution is 7.58. The molecule has 4 nitrogen and oxygen atoms in total. The fraction of sp³-hybridized carbons (Fsp3) is 1.00. The van der Waals surface area contributed by atoms with Crippen LogP contribution < -0.4 is 0 Å². The Morgan fingerprint density at radius 1 is 1.24 bits per heavy atom. The molecule has 0 saturated heterocycles. The zero-order valence-electron chi connectivity index (χ0n) is 7.88. The smallest absolute Gasteiger partial charge is 0.322 e. The van der Waals surface area contributed by atoms with Crippen LogP contribution in [0.3, 0.4) is 0 Å². The fourth-order valence-corrected chi connectivity index (χ4v) is 1.34. The van der Waals surface area contributed by atoms with Gasteiger partial charge in [0, 0.05) is 6.92 Å². The van der Waals surface area contributed by atoms with E-state index in [1.54, 1.807) is 0 Å². The average molecular weight is 343 g/mol. The molecular weight excluding hydrogens is 337 g/mol. The molecule has 1 unspecified atom stereocenters. The maximum absolute atomic E-state index is 12.7. The van der Waals surface area contributed by atoms with Gasteiger partial charge in [-0.25, -0.2) is 0 Å². The Morgan fingerprint density at radius 2 is 1.59 bits per heavy atom. The quantitative estimate of drug-likeness (QED) is 0.457. The van der Waals surface area contributed by atoms with Crippen LogP contribution in [0.4, 0.5) is 17.6 Å². The lowest BCUT2D eigenvalue weighted by molar-refractivity contribution is -0.346. The van der Waals surface area contributed by atoms with Gasteiger partial charge in [0.2, 0.25) is 0 Å². The zero-order valence-corrected chi connectivity index (χ0v) is 11.0. The van der Waals surface area contributed by atoms with Gasteiger partial charge in [0.1, 0.15) is 0 Å². The lowest BCUT2D eigenvalue weighted by Crippen LogP contribution is -2.45. The molecule has 0 aromatic rings. The molecule has 0 aromatic carbocycles. The van der Waals surface area contributed by atoms with Gasteiger partial charge in [-0.3, -0.25) is 9.30 Å². The van der Waals surface area contributed by atoms with E-state index in [1.807, 2.05) is 0 Å². The van der Waals surface area contributed by atoms with Gasteiger partial charge in [-0.05, 0) is 0 Å². The van der Waals surface area contributed by atoms with Crippen LogP contribution >= 0.6 is 42.4 Å². The molecule has 0 aliphatic carbocycles. The number of ether oxygens (including phenoxy) is 1. The van der Waals surface area contributed by atoms with Crippen molar-refractivity contribution >= 4 is 42.4 Å². The molecule has 0 spiro atoms. The second-order valence-corrected chi connectivity index (χ2v) is 7.07. The minimum absolute atomic E-state index is 0.182. The van der Waals surface area contributed by atoms with E-state index in [0.29, 0.717) is 0 Å². The predicted molar refractivity (Wildman–Crippen MR) is 52.8 cm³/mol. The van der Waals surface area contributed by atoms with Gasteiger partial charge in [0.15, 0.2) is 5.56 Å². The molecule has 0 aromatic heterocycles. The predicted octanol–water partition coefficient (Wildman–Crippen LogP) is 3.13. The summed E-state index contributed by atoms with van der Waals surface area (Å²) in [6.07, 6.45) is -5.09. The topological polar surface area (TPSA) is 66.8 Å². The second-order valence-electron chi connectivity index (χ2n) is 2.97. The summed E-state index contributed by atoms with van der Waals surface area (Å²) in [4.78, 5) is 17.1. The fourth-order valence-electron chi connectivity index (χ4n) is 0.437. The molecule has 2 N–H and O–H groups in total. The first-order valence-electron chi connectivity index (χ1n) is 3.64. The Balaban J connectivity index is 5.02. The summed E-state index contributed by atoms with van der Waals surface area (Å²) in [5.74, 6) is -4.64. The van der Waals surface area contributed by atoms with Crippen LogP contribution in [0.5, 0.6) is 0 Å². The minimum atomic E-state index is -5.37. The third-order valence-electron chi connectivity index (χ3n) is 1.42. The molecule has 0 aliphatic heterocycles. The molecule has 17 heavy (non-hydrogen) atoms. The van der Waals surface area contributed by atoms with Gasteiger partial charge >= 0.3 is 19.6 Å². The largest absolute Gasteiger partial charge is 0.420 e. The van der Waals surface area contributed by atoms with E-state index in [0.717, 1.165) is 0 Å². The van der Waals surface area contributed by atoms with E-state index in [4.69, 9.17) is 44.6 Å². The highest BCUT2D eigenvalue weighted by atomic mass is 35.5. The molecular formula is C5H6Cl3F4O4P. The van der Waals surface area contributed by atoms with Crippen LogP contribution in [0.2, 0.25) is 0 Å². The van der Waals surface area contributed by atoms with E-state index < -0.39 is 29.3 Å². The first kappa shape index (κ1) is 17.7. The van der Waals surface area contributed by atoms with Crippen LogP contribution in [-0.2, 0) is 9.30 Å². The first-order chi connectivity index (χ1) is 7.13. The van der Waals surface area contributed by atoms with Crippen molar-refractivity contribution in [1.29, 1.82) is 0 Å². The van der Waals surface area contributed by atoms with Crippen molar-refractivity contribution in [1.82, 2.24) is 0 Å². The number of hydrogen-bond donors (Lipinski definition) is 2. The van der Waals surface area contributed by atoms with E-state index in [9.17, 15) is 22.1 Å². The van der Waals surface area contributed by atoms with Gasteiger partial charge in [0.05, 0.1) is 0 Å². The van der Waals surface area contributed by atoms with Crippen molar-refractivity contribution in [3.05, 3.63) is 0 Å². The molecule has 0 aliphatic rings. The molecule has 0 radical (unpaired) electrons. The number of halogens is 7. The van der Waals surface area contributed by atoms with Gasteiger partial charge in [-0.2, -0.15) is 17.6 Å². The number of rotatable bonds is 5.